The maximum atomic E-state index is 12.4. The Hall–Kier alpha value is -2.90. The van der Waals surface area contributed by atoms with Gasteiger partial charge in [0.05, 0.1) is 23.6 Å². The average Bonchev–Trinajstić information content (AvgIpc) is 2.59. The lowest BCUT2D eigenvalue weighted by Crippen LogP contribution is -2.35. The fourth-order valence-corrected chi connectivity index (χ4v) is 3.33. The molecule has 1 aromatic rings. The first-order chi connectivity index (χ1) is 11.8. The van der Waals surface area contributed by atoms with Crippen LogP contribution in [0.15, 0.2) is 45.7 Å². The van der Waals surface area contributed by atoms with E-state index in [0.717, 1.165) is 0 Å². The molecule has 25 heavy (non-hydrogen) atoms. The Morgan fingerprint density at radius 2 is 2.08 bits per heavy atom. The summed E-state index contributed by atoms with van der Waals surface area (Å²) in [5, 5.41) is 14.2. The number of non-ortho nitro benzene ring substituents is 1. The van der Waals surface area contributed by atoms with Gasteiger partial charge in [-0.25, -0.2) is 4.79 Å². The van der Waals surface area contributed by atoms with Gasteiger partial charge >= 0.3 is 5.97 Å². The maximum Gasteiger partial charge on any atom is 0.336 e. The molecule has 1 aromatic carbocycles. The summed E-state index contributed by atoms with van der Waals surface area (Å²) in [4.78, 5) is 38.5. The van der Waals surface area contributed by atoms with Crippen LogP contribution >= 0.6 is 0 Å². The molecule has 2 rings (SSSR count). The smallest absolute Gasteiger partial charge is 0.336 e. The predicted octanol–water partition coefficient (Wildman–Crippen LogP) is 3.37. The first-order valence-corrected chi connectivity index (χ1v) is 7.72. The van der Waals surface area contributed by atoms with Crippen molar-refractivity contribution < 1.29 is 14.5 Å². The molecule has 1 heterocycles. The third kappa shape index (κ3) is 3.47. The fourth-order valence-electron chi connectivity index (χ4n) is 3.33. The van der Waals surface area contributed by atoms with Gasteiger partial charge in [0.1, 0.15) is 0 Å². The number of nitro benzene ring substituents is 1. The third-order valence-electron chi connectivity index (χ3n) is 4.42. The number of hydrogen-bond donors (Lipinski definition) is 0. The molecule has 8 nitrogen and oxygen atoms in total. The summed E-state index contributed by atoms with van der Waals surface area (Å²) in [5.41, 5.74) is 1.85. The van der Waals surface area contributed by atoms with E-state index in [1.54, 1.807) is 32.9 Å². The zero-order valence-electron chi connectivity index (χ0n) is 14.4. The van der Waals surface area contributed by atoms with Crippen molar-refractivity contribution in [3.8, 4) is 0 Å². The van der Waals surface area contributed by atoms with Crippen LogP contribution in [-0.2, 0) is 9.53 Å². The van der Waals surface area contributed by atoms with Gasteiger partial charge in [-0.15, -0.1) is 0 Å². The summed E-state index contributed by atoms with van der Waals surface area (Å²) in [6.07, 6.45) is 0. The van der Waals surface area contributed by atoms with Crippen LogP contribution in [0.25, 0.3) is 0 Å². The van der Waals surface area contributed by atoms with Crippen LogP contribution in [0.5, 0.6) is 0 Å². The second kappa shape index (κ2) is 7.33. The van der Waals surface area contributed by atoms with E-state index >= 15 is 0 Å². The summed E-state index contributed by atoms with van der Waals surface area (Å²) in [7, 11) is 1.26. The average molecular weight is 345 g/mol. The van der Waals surface area contributed by atoms with Crippen LogP contribution in [0.1, 0.15) is 32.3 Å². The topological polar surface area (TPSA) is 111 Å². The molecular weight excluding hydrogens is 326 g/mol. The zero-order chi connectivity index (χ0) is 18.7. The van der Waals surface area contributed by atoms with Gasteiger partial charge in [-0.3, -0.25) is 15.1 Å². The molecule has 0 saturated heterocycles. The number of aliphatic imine (C=N–C) groups is 1. The van der Waals surface area contributed by atoms with Crippen molar-refractivity contribution in [3.05, 3.63) is 56.1 Å². The monoisotopic (exact) mass is 345 g/mol. The molecule has 3 atom stereocenters. The van der Waals surface area contributed by atoms with Crippen molar-refractivity contribution in [1.82, 2.24) is 0 Å². The number of ether oxygens (including phenoxy) is 1. The van der Waals surface area contributed by atoms with Gasteiger partial charge in [-0.2, -0.15) is 4.91 Å². The Balaban J connectivity index is 2.70. The SMILES string of the molecule is COC(=O)C1=C(C)N=C(C)C(C(C)N=O)C1c1cccc([N+](=O)[O-])c1. The van der Waals surface area contributed by atoms with Crippen molar-refractivity contribution in [2.45, 2.75) is 32.7 Å². The van der Waals surface area contributed by atoms with Gasteiger partial charge in [-0.05, 0) is 26.3 Å². The first kappa shape index (κ1) is 18.4. The molecule has 0 spiro atoms. The Kier molecular flexibility index (Phi) is 5.41. The predicted molar refractivity (Wildman–Crippen MR) is 92.4 cm³/mol. The summed E-state index contributed by atoms with van der Waals surface area (Å²) in [6, 6.07) is 5.36. The molecule has 1 aliphatic heterocycles. The lowest BCUT2D eigenvalue weighted by Gasteiger charge is -2.33. The number of nitroso groups, excluding NO2 is 1. The third-order valence-corrected chi connectivity index (χ3v) is 4.42. The molecule has 0 fully saturated rings. The maximum absolute atomic E-state index is 12.4. The van der Waals surface area contributed by atoms with Crippen LogP contribution in [0.3, 0.4) is 0 Å². The lowest BCUT2D eigenvalue weighted by molar-refractivity contribution is -0.384. The number of nitro groups is 1. The molecule has 3 unspecified atom stereocenters. The molecule has 0 bridgehead atoms. The second-order valence-corrected chi connectivity index (χ2v) is 5.95. The van der Waals surface area contributed by atoms with Crippen LogP contribution in [0.2, 0.25) is 0 Å². The largest absolute Gasteiger partial charge is 0.466 e. The highest BCUT2D eigenvalue weighted by molar-refractivity contribution is 5.97. The van der Waals surface area contributed by atoms with Crippen molar-refractivity contribution in [3.63, 3.8) is 0 Å². The standard InChI is InChI=1S/C17H19N3O5/c1-9-14(11(3)19-22)16(15(10(2)18-9)17(21)25-4)12-6-5-7-13(8-12)20(23)24/h5-8,11,14,16H,1-4H3. The molecule has 0 amide bonds. The van der Waals surface area contributed by atoms with Crippen LogP contribution in [0, 0.1) is 20.9 Å². The van der Waals surface area contributed by atoms with E-state index in [2.05, 4.69) is 10.2 Å². The molecule has 0 aromatic heterocycles. The summed E-state index contributed by atoms with van der Waals surface area (Å²) >= 11 is 0. The summed E-state index contributed by atoms with van der Waals surface area (Å²) in [5.74, 6) is -1.66. The molecule has 132 valence electrons. The normalized spacial score (nSPS) is 21.4. The Morgan fingerprint density at radius 1 is 1.40 bits per heavy atom. The number of allylic oxidation sites excluding steroid dienone is 1. The summed E-state index contributed by atoms with van der Waals surface area (Å²) in [6.45, 7) is 5.07. The molecule has 1 aliphatic rings. The minimum Gasteiger partial charge on any atom is -0.466 e. The minimum atomic E-state index is -0.666. The Labute approximate surface area is 144 Å². The van der Waals surface area contributed by atoms with Gasteiger partial charge in [0.2, 0.25) is 0 Å². The molecule has 0 N–H and O–H groups in total. The number of carbonyl (C=O) groups is 1. The van der Waals surface area contributed by atoms with Crippen LogP contribution < -0.4 is 0 Å². The van der Waals surface area contributed by atoms with Gasteiger partial charge in [0.15, 0.2) is 0 Å². The fraction of sp³-hybridized carbons (Fsp3) is 0.412. The molecule has 0 radical (unpaired) electrons. The van der Waals surface area contributed by atoms with Crippen LogP contribution in [-0.4, -0.2) is 29.8 Å². The highest BCUT2D eigenvalue weighted by Gasteiger charge is 2.41. The van der Waals surface area contributed by atoms with E-state index in [-0.39, 0.29) is 11.3 Å². The van der Waals surface area contributed by atoms with E-state index in [4.69, 9.17) is 4.74 Å². The quantitative estimate of drug-likeness (QED) is 0.351. The van der Waals surface area contributed by atoms with E-state index in [1.165, 1.54) is 19.2 Å². The van der Waals surface area contributed by atoms with Gasteiger partial charge in [0.25, 0.3) is 5.69 Å². The lowest BCUT2D eigenvalue weighted by atomic mass is 9.73. The number of hydrogen-bond acceptors (Lipinski definition) is 7. The number of carbonyl (C=O) groups excluding carboxylic acids is 1. The van der Waals surface area contributed by atoms with Gasteiger partial charge in [0, 0.05) is 35.4 Å². The zero-order valence-corrected chi connectivity index (χ0v) is 14.4. The number of nitrogens with zero attached hydrogens (tertiary/aromatic N) is 3. The Bertz CT molecular complexity index is 784. The molecule has 8 heteroatoms. The van der Waals surface area contributed by atoms with Crippen LogP contribution in [0.4, 0.5) is 5.69 Å². The Morgan fingerprint density at radius 3 is 2.64 bits per heavy atom. The molecule has 0 aliphatic carbocycles. The highest BCUT2D eigenvalue weighted by Crippen LogP contribution is 2.42. The number of benzene rings is 1. The number of esters is 1. The first-order valence-electron chi connectivity index (χ1n) is 7.72. The molecular formula is C17H19N3O5. The number of rotatable bonds is 5. The van der Waals surface area contributed by atoms with Crippen molar-refractivity contribution in [2.24, 2.45) is 16.1 Å². The molecule has 0 saturated carbocycles. The minimum absolute atomic E-state index is 0.0926. The number of methoxy groups -OCH3 is 1. The summed E-state index contributed by atoms with van der Waals surface area (Å²) < 4.78 is 4.88. The van der Waals surface area contributed by atoms with Crippen molar-refractivity contribution in [1.29, 1.82) is 0 Å². The van der Waals surface area contributed by atoms with E-state index in [0.29, 0.717) is 17.0 Å². The van der Waals surface area contributed by atoms with Gasteiger partial charge < -0.3 is 4.74 Å². The van der Waals surface area contributed by atoms with E-state index < -0.39 is 28.8 Å². The highest BCUT2D eigenvalue weighted by atomic mass is 16.6. The van der Waals surface area contributed by atoms with Crippen molar-refractivity contribution in [2.75, 3.05) is 7.11 Å². The van der Waals surface area contributed by atoms with Crippen molar-refractivity contribution >= 4 is 17.4 Å². The second-order valence-electron chi connectivity index (χ2n) is 5.95. The van der Waals surface area contributed by atoms with E-state index in [1.807, 2.05) is 0 Å². The van der Waals surface area contributed by atoms with E-state index in [9.17, 15) is 19.8 Å². The van der Waals surface area contributed by atoms with Gasteiger partial charge in [-0.1, -0.05) is 17.3 Å².